The van der Waals surface area contributed by atoms with Gasteiger partial charge in [0.25, 0.3) is 0 Å². The molecule has 37 heavy (non-hydrogen) atoms. The second-order valence-corrected chi connectivity index (χ2v) is 11.6. The molecule has 0 amide bonds. The highest BCUT2D eigenvalue weighted by Gasteiger charge is 2.28. The van der Waals surface area contributed by atoms with Crippen molar-refractivity contribution in [3.05, 3.63) is 119 Å². The molecule has 0 aromatic heterocycles. The van der Waals surface area contributed by atoms with Crippen LogP contribution in [-0.2, 0) is 17.2 Å². The molecule has 0 heterocycles. The van der Waals surface area contributed by atoms with E-state index >= 15 is 0 Å². The first-order valence-electron chi connectivity index (χ1n) is 11.4. The van der Waals surface area contributed by atoms with Crippen molar-refractivity contribution in [3.63, 3.8) is 0 Å². The minimum absolute atomic E-state index is 0.214. The number of carbonyl (C=O) groups excluding carboxylic acids is 2. The molecule has 0 saturated carbocycles. The van der Waals surface area contributed by atoms with Crippen molar-refractivity contribution in [3.8, 4) is 23.0 Å². The number of phenols is 1. The Morgan fingerprint density at radius 2 is 1.11 bits per heavy atom. The van der Waals surface area contributed by atoms with Crippen LogP contribution >= 0.6 is 6.72 Å². The SMILES string of the molecule is CC(C)(c1ccc(O)cc1)c1ccc(OP(=S)(Oc2cccc(C=O)c2)Oc2cccc(C=O)c2)cc1. The van der Waals surface area contributed by atoms with Gasteiger partial charge in [-0.2, -0.15) is 0 Å². The standard InChI is InChI=1S/C29H25O6PS/c1-29(2,23-9-13-25(32)14-10-23)24-11-15-26(16-12-24)33-36(37,34-27-7-3-5-21(17-27)19-30)35-28-8-4-6-22(18-28)20-31/h3-20,32H,1-2H3. The number of hydrogen-bond acceptors (Lipinski definition) is 7. The Balaban J connectivity index is 1.62. The summed E-state index contributed by atoms with van der Waals surface area (Å²) >= 11 is 5.75. The van der Waals surface area contributed by atoms with Gasteiger partial charge in [-0.1, -0.05) is 62.4 Å². The quantitative estimate of drug-likeness (QED) is 0.172. The Kier molecular flexibility index (Phi) is 7.77. The maximum absolute atomic E-state index is 11.2. The molecular weight excluding hydrogens is 507 g/mol. The normalized spacial score (nSPS) is 11.4. The third-order valence-electron chi connectivity index (χ3n) is 5.80. The average molecular weight is 533 g/mol. The Bertz CT molecular complexity index is 1390. The third-order valence-corrected chi connectivity index (χ3v) is 7.78. The molecular formula is C29H25O6PS. The van der Waals surface area contributed by atoms with E-state index < -0.39 is 6.72 Å². The summed E-state index contributed by atoms with van der Waals surface area (Å²) in [7, 11) is 0. The average Bonchev–Trinajstić information content (AvgIpc) is 2.89. The van der Waals surface area contributed by atoms with Gasteiger partial charge in [0.2, 0.25) is 0 Å². The van der Waals surface area contributed by atoms with E-state index in [2.05, 4.69) is 13.8 Å². The van der Waals surface area contributed by atoms with Gasteiger partial charge < -0.3 is 18.7 Å². The molecule has 0 aliphatic heterocycles. The lowest BCUT2D eigenvalue weighted by molar-refractivity contribution is 0.111. The predicted octanol–water partition coefficient (Wildman–Crippen LogP) is 7.10. The van der Waals surface area contributed by atoms with E-state index in [1.807, 2.05) is 24.3 Å². The van der Waals surface area contributed by atoms with E-state index in [9.17, 15) is 14.7 Å². The molecule has 0 atom stereocenters. The minimum atomic E-state index is -3.49. The second-order valence-electron chi connectivity index (χ2n) is 8.80. The van der Waals surface area contributed by atoms with Gasteiger partial charge in [-0.25, -0.2) is 0 Å². The molecule has 188 valence electrons. The van der Waals surface area contributed by atoms with Gasteiger partial charge in [0.15, 0.2) is 0 Å². The van der Waals surface area contributed by atoms with E-state index in [1.165, 1.54) is 0 Å². The minimum Gasteiger partial charge on any atom is -0.508 e. The Labute approximate surface area is 220 Å². The van der Waals surface area contributed by atoms with Crippen molar-refractivity contribution in [1.29, 1.82) is 0 Å². The fourth-order valence-corrected chi connectivity index (χ4v) is 5.72. The Morgan fingerprint density at radius 3 is 1.57 bits per heavy atom. The predicted molar refractivity (Wildman–Crippen MR) is 147 cm³/mol. The number of carbonyl (C=O) groups is 2. The van der Waals surface area contributed by atoms with Gasteiger partial charge in [-0.05, 0) is 59.7 Å². The lowest BCUT2D eigenvalue weighted by atomic mass is 9.78. The molecule has 0 aliphatic rings. The van der Waals surface area contributed by atoms with Crippen molar-refractivity contribution < 1.29 is 28.3 Å². The Hall–Kier alpha value is -3.93. The smallest absolute Gasteiger partial charge is 0.490 e. The van der Waals surface area contributed by atoms with Crippen LogP contribution in [0.1, 0.15) is 45.7 Å². The molecule has 0 spiro atoms. The van der Waals surface area contributed by atoms with Crippen LogP contribution in [0, 0.1) is 0 Å². The molecule has 1 N–H and O–H groups in total. The van der Waals surface area contributed by atoms with Crippen LogP contribution in [0.15, 0.2) is 97.1 Å². The number of benzene rings is 4. The van der Waals surface area contributed by atoms with Crippen LogP contribution < -0.4 is 13.6 Å². The van der Waals surface area contributed by atoms with E-state index in [-0.39, 0.29) is 11.2 Å². The molecule has 0 aliphatic carbocycles. The summed E-state index contributed by atoms with van der Waals surface area (Å²) in [6.07, 6.45) is 1.42. The zero-order valence-electron chi connectivity index (χ0n) is 20.2. The zero-order chi connectivity index (χ0) is 26.5. The molecule has 8 heteroatoms. The van der Waals surface area contributed by atoms with Crippen molar-refractivity contribution in [2.24, 2.45) is 0 Å². The van der Waals surface area contributed by atoms with E-state index in [0.717, 1.165) is 11.1 Å². The van der Waals surface area contributed by atoms with Gasteiger partial charge in [-0.15, -0.1) is 0 Å². The van der Waals surface area contributed by atoms with E-state index in [4.69, 9.17) is 25.4 Å². The van der Waals surface area contributed by atoms with Gasteiger partial charge >= 0.3 is 6.72 Å². The largest absolute Gasteiger partial charge is 0.508 e. The lowest BCUT2D eigenvalue weighted by Gasteiger charge is -2.27. The van der Waals surface area contributed by atoms with Gasteiger partial charge in [0, 0.05) is 28.3 Å². The topological polar surface area (TPSA) is 82.1 Å². The van der Waals surface area contributed by atoms with Crippen LogP contribution in [0.2, 0.25) is 0 Å². The maximum Gasteiger partial charge on any atom is 0.490 e. The molecule has 6 nitrogen and oxygen atoms in total. The van der Waals surface area contributed by atoms with Crippen LogP contribution in [0.5, 0.6) is 23.0 Å². The van der Waals surface area contributed by atoms with Crippen molar-refractivity contribution in [1.82, 2.24) is 0 Å². The molecule has 0 saturated heterocycles. The summed E-state index contributed by atoms with van der Waals surface area (Å²) in [5.74, 6) is 1.30. The van der Waals surface area contributed by atoms with Crippen molar-refractivity contribution >= 4 is 31.1 Å². The van der Waals surface area contributed by atoms with Crippen LogP contribution in [0.25, 0.3) is 0 Å². The fourth-order valence-electron chi connectivity index (χ4n) is 3.71. The molecule has 0 unspecified atom stereocenters. The summed E-state index contributed by atoms with van der Waals surface area (Å²) in [6.45, 7) is 0.687. The Morgan fingerprint density at radius 1 is 0.676 bits per heavy atom. The summed E-state index contributed by atoms with van der Waals surface area (Å²) in [6, 6.07) is 27.6. The van der Waals surface area contributed by atoms with E-state index in [1.54, 1.807) is 72.8 Å². The van der Waals surface area contributed by atoms with E-state index in [0.29, 0.717) is 40.9 Å². The van der Waals surface area contributed by atoms with Crippen molar-refractivity contribution in [2.45, 2.75) is 19.3 Å². The number of phenolic OH excluding ortho intramolecular Hbond substituents is 1. The van der Waals surface area contributed by atoms with Gasteiger partial charge in [0.05, 0.1) is 0 Å². The molecule has 4 aromatic carbocycles. The van der Waals surface area contributed by atoms with Gasteiger partial charge in [-0.3, -0.25) is 9.59 Å². The zero-order valence-corrected chi connectivity index (χ0v) is 21.9. The summed E-state index contributed by atoms with van der Waals surface area (Å²) < 4.78 is 18.1. The van der Waals surface area contributed by atoms with Crippen LogP contribution in [0.4, 0.5) is 0 Å². The lowest BCUT2D eigenvalue weighted by Crippen LogP contribution is -2.18. The van der Waals surface area contributed by atoms with Crippen molar-refractivity contribution in [2.75, 3.05) is 0 Å². The monoisotopic (exact) mass is 532 g/mol. The fraction of sp³-hybridized carbons (Fsp3) is 0.103. The van der Waals surface area contributed by atoms with Crippen LogP contribution in [-0.4, -0.2) is 17.7 Å². The highest BCUT2D eigenvalue weighted by Crippen LogP contribution is 2.50. The number of hydrogen-bond donors (Lipinski definition) is 1. The first-order valence-corrected chi connectivity index (χ1v) is 14.0. The molecule has 0 fully saturated rings. The molecule has 0 radical (unpaired) electrons. The first-order chi connectivity index (χ1) is 17.7. The highest BCUT2D eigenvalue weighted by atomic mass is 32.5. The molecule has 4 rings (SSSR count). The van der Waals surface area contributed by atoms with Gasteiger partial charge in [0.1, 0.15) is 35.6 Å². The number of rotatable bonds is 10. The van der Waals surface area contributed by atoms with Crippen LogP contribution in [0.3, 0.4) is 0 Å². The first kappa shape index (κ1) is 26.1. The molecule has 0 bridgehead atoms. The number of aldehydes is 2. The third kappa shape index (κ3) is 6.45. The molecule has 4 aromatic rings. The maximum atomic E-state index is 11.2. The number of aromatic hydroxyl groups is 1. The summed E-state index contributed by atoms with van der Waals surface area (Å²) in [5, 5.41) is 9.63. The summed E-state index contributed by atoms with van der Waals surface area (Å²) in [5.41, 5.74) is 2.58. The highest BCUT2D eigenvalue weighted by molar-refractivity contribution is 8.08. The summed E-state index contributed by atoms with van der Waals surface area (Å²) in [4.78, 5) is 22.5. The second kappa shape index (κ2) is 11.0.